The molecule has 0 unspecified atom stereocenters. The summed E-state index contributed by atoms with van der Waals surface area (Å²) in [5.41, 5.74) is 0. The summed E-state index contributed by atoms with van der Waals surface area (Å²) in [5, 5.41) is 13.7. The maximum absolute atomic E-state index is 13.5. The molecule has 1 aromatic heterocycles. The van der Waals surface area contributed by atoms with Crippen LogP contribution in [0.5, 0.6) is 5.75 Å². The van der Waals surface area contributed by atoms with Gasteiger partial charge >= 0.3 is 6.16 Å². The number of carboxylic acid groups (broad SMARTS) is 1. The Balaban J connectivity index is 1.85. The van der Waals surface area contributed by atoms with Crippen molar-refractivity contribution in [1.82, 2.24) is 10.2 Å². The van der Waals surface area contributed by atoms with E-state index < -0.39 is 6.16 Å². The minimum absolute atomic E-state index is 0.0115. The van der Waals surface area contributed by atoms with Crippen LogP contribution in [0.1, 0.15) is 70.1 Å². The molecule has 1 aromatic rings. The first-order valence-electron chi connectivity index (χ1n) is 11.6. The predicted molar refractivity (Wildman–Crippen MR) is 132 cm³/mol. The second-order valence-corrected chi connectivity index (χ2v) is 10.7. The molecule has 3 rings (SSSR count). The van der Waals surface area contributed by atoms with Gasteiger partial charge in [-0.1, -0.05) is 6.92 Å². The number of anilines is 1. The van der Waals surface area contributed by atoms with Gasteiger partial charge in [0.15, 0.2) is 10.9 Å². The van der Waals surface area contributed by atoms with E-state index in [1.165, 1.54) is 11.3 Å². The molecule has 2 N–H and O–H groups in total. The normalized spacial score (nSPS) is 22.0. The summed E-state index contributed by atoms with van der Waals surface area (Å²) >= 11 is 6.85. The zero-order valence-corrected chi connectivity index (χ0v) is 21.1. The number of likely N-dealkylation sites (tertiary alicyclic amines) is 1. The van der Waals surface area contributed by atoms with E-state index >= 15 is 0 Å². The number of amides is 1. The Morgan fingerprint density at radius 2 is 1.84 bits per heavy atom. The number of thiocarbonyl (C=S) groups is 1. The number of carbonyl (C=O) groups excluding carboxylic acids is 1. The van der Waals surface area contributed by atoms with Crippen molar-refractivity contribution in [2.45, 2.75) is 71.3 Å². The molecule has 32 heavy (non-hydrogen) atoms. The third-order valence-electron chi connectivity index (χ3n) is 6.63. The van der Waals surface area contributed by atoms with Crippen molar-refractivity contribution >= 4 is 45.7 Å². The highest BCUT2D eigenvalue weighted by molar-refractivity contribution is 7.80. The van der Waals surface area contributed by atoms with Crippen LogP contribution in [0.4, 0.5) is 9.80 Å². The maximum atomic E-state index is 13.5. The van der Waals surface area contributed by atoms with E-state index in [0.29, 0.717) is 16.8 Å². The van der Waals surface area contributed by atoms with Gasteiger partial charge in [-0.15, -0.1) is 11.3 Å². The smallest absolute Gasteiger partial charge is 0.449 e. The van der Waals surface area contributed by atoms with Crippen LogP contribution >= 0.6 is 23.6 Å². The van der Waals surface area contributed by atoms with E-state index in [2.05, 4.69) is 17.1 Å². The molecule has 1 saturated heterocycles. The topological polar surface area (TPSA) is 82.1 Å². The molecule has 2 aliphatic rings. The number of hydrogen-bond donors (Lipinski definition) is 2. The van der Waals surface area contributed by atoms with Crippen molar-refractivity contribution in [2.75, 3.05) is 25.0 Å². The SMILES string of the molecule is CNC(=S)N1CCC(c2cc(OC(=O)O)c(N(C(=O)C3CCC(C)CC3)C(C)C)s2)CC1. The molecule has 9 heteroatoms. The molecule has 178 valence electrons. The van der Waals surface area contributed by atoms with Crippen LogP contribution in [-0.4, -0.2) is 53.4 Å². The third-order valence-corrected chi connectivity index (χ3v) is 8.37. The number of nitrogens with one attached hydrogen (secondary N) is 1. The summed E-state index contributed by atoms with van der Waals surface area (Å²) in [4.78, 5) is 29.9. The Hall–Kier alpha value is -1.87. The van der Waals surface area contributed by atoms with Crippen LogP contribution < -0.4 is 15.0 Å². The van der Waals surface area contributed by atoms with Crippen LogP contribution in [0.25, 0.3) is 0 Å². The molecule has 0 bridgehead atoms. The van der Waals surface area contributed by atoms with Crippen molar-refractivity contribution in [3.8, 4) is 5.75 Å². The quantitative estimate of drug-likeness (QED) is 0.449. The lowest BCUT2D eigenvalue weighted by atomic mass is 9.82. The predicted octanol–water partition coefficient (Wildman–Crippen LogP) is 5.06. The zero-order chi connectivity index (χ0) is 23.4. The standard InChI is InChI=1S/C23H35N3O4S2/c1-14(2)26(20(27)17-7-5-15(3)6-8-17)21-18(30-23(28)29)13-19(32-21)16-9-11-25(12-10-16)22(31)24-4/h13-17H,5-12H2,1-4H3,(H,24,31)(H,28,29). The molecule has 1 saturated carbocycles. The fourth-order valence-electron chi connectivity index (χ4n) is 4.74. The average molecular weight is 482 g/mol. The first kappa shape index (κ1) is 24.8. The van der Waals surface area contributed by atoms with E-state index in [9.17, 15) is 14.7 Å². The summed E-state index contributed by atoms with van der Waals surface area (Å²) < 4.78 is 5.17. The van der Waals surface area contributed by atoms with Gasteiger partial charge in [-0.3, -0.25) is 9.69 Å². The summed E-state index contributed by atoms with van der Waals surface area (Å²) in [5.74, 6) is 1.30. The molecule has 1 amide bonds. The first-order chi connectivity index (χ1) is 15.2. The van der Waals surface area contributed by atoms with Crippen molar-refractivity contribution in [3.63, 3.8) is 0 Å². The molecule has 1 aliphatic heterocycles. The summed E-state index contributed by atoms with van der Waals surface area (Å²) in [6.45, 7) is 7.88. The Kier molecular flexibility index (Phi) is 8.38. The first-order valence-corrected chi connectivity index (χ1v) is 12.8. The van der Waals surface area contributed by atoms with Crippen LogP contribution in [0, 0.1) is 11.8 Å². The molecule has 2 heterocycles. The summed E-state index contributed by atoms with van der Waals surface area (Å²) in [6.07, 6.45) is 4.38. The van der Waals surface area contributed by atoms with Crippen LogP contribution in [0.2, 0.25) is 0 Å². The zero-order valence-electron chi connectivity index (χ0n) is 19.4. The van der Waals surface area contributed by atoms with Gasteiger partial charge in [-0.05, 0) is 82.5 Å². The number of piperidine rings is 1. The van der Waals surface area contributed by atoms with Gasteiger partial charge in [-0.25, -0.2) is 4.79 Å². The van der Waals surface area contributed by atoms with E-state index in [-0.39, 0.29) is 23.6 Å². The van der Waals surface area contributed by atoms with Gasteiger partial charge < -0.3 is 20.1 Å². The van der Waals surface area contributed by atoms with E-state index in [1.807, 2.05) is 27.0 Å². The minimum atomic E-state index is -1.35. The van der Waals surface area contributed by atoms with Gasteiger partial charge in [-0.2, -0.15) is 0 Å². The number of ether oxygens (including phenoxy) is 1. The largest absolute Gasteiger partial charge is 0.511 e. The highest BCUT2D eigenvalue weighted by atomic mass is 32.1. The third kappa shape index (κ3) is 5.73. The number of nitrogens with zero attached hydrogens (tertiary/aromatic N) is 2. The number of thiophene rings is 1. The van der Waals surface area contributed by atoms with Crippen LogP contribution in [-0.2, 0) is 4.79 Å². The molecule has 7 nitrogen and oxygen atoms in total. The molecule has 0 spiro atoms. The summed E-state index contributed by atoms with van der Waals surface area (Å²) in [6, 6.07) is 1.75. The molecular weight excluding hydrogens is 446 g/mol. The second kappa shape index (κ2) is 10.8. The molecule has 2 fully saturated rings. The Morgan fingerprint density at radius 3 is 2.38 bits per heavy atom. The van der Waals surface area contributed by atoms with E-state index in [4.69, 9.17) is 17.0 Å². The van der Waals surface area contributed by atoms with Gasteiger partial charge in [0, 0.05) is 37.0 Å². The van der Waals surface area contributed by atoms with Crippen LogP contribution in [0.15, 0.2) is 6.07 Å². The van der Waals surface area contributed by atoms with Crippen molar-refractivity contribution in [1.29, 1.82) is 0 Å². The fourth-order valence-corrected chi connectivity index (χ4v) is 6.31. The van der Waals surface area contributed by atoms with Gasteiger partial charge in [0.2, 0.25) is 5.91 Å². The maximum Gasteiger partial charge on any atom is 0.511 e. The minimum Gasteiger partial charge on any atom is -0.449 e. The second-order valence-electron chi connectivity index (χ2n) is 9.26. The van der Waals surface area contributed by atoms with Crippen LogP contribution in [0.3, 0.4) is 0 Å². The lowest BCUT2D eigenvalue weighted by Gasteiger charge is -2.33. The monoisotopic (exact) mass is 481 g/mol. The number of hydrogen-bond acceptors (Lipinski definition) is 5. The Labute approximate surface area is 200 Å². The lowest BCUT2D eigenvalue weighted by Crippen LogP contribution is -2.42. The lowest BCUT2D eigenvalue weighted by molar-refractivity contribution is -0.123. The highest BCUT2D eigenvalue weighted by Crippen LogP contribution is 2.45. The van der Waals surface area contributed by atoms with Gasteiger partial charge in [0.25, 0.3) is 0 Å². The molecular formula is C23H35N3O4S2. The van der Waals surface area contributed by atoms with Crippen molar-refractivity contribution < 1.29 is 19.4 Å². The Morgan fingerprint density at radius 1 is 1.22 bits per heavy atom. The fraction of sp³-hybridized carbons (Fsp3) is 0.696. The van der Waals surface area contributed by atoms with E-state index in [1.54, 1.807) is 4.90 Å². The van der Waals surface area contributed by atoms with Gasteiger partial charge in [0.05, 0.1) is 0 Å². The van der Waals surface area contributed by atoms with Gasteiger partial charge in [0.1, 0.15) is 5.00 Å². The van der Waals surface area contributed by atoms with E-state index in [0.717, 1.165) is 61.6 Å². The Bertz CT molecular complexity index is 825. The average Bonchev–Trinajstić information content (AvgIpc) is 3.16. The number of rotatable bonds is 5. The molecule has 0 radical (unpaired) electrons. The van der Waals surface area contributed by atoms with Crippen molar-refractivity contribution in [3.05, 3.63) is 10.9 Å². The molecule has 1 aliphatic carbocycles. The summed E-state index contributed by atoms with van der Waals surface area (Å²) in [7, 11) is 1.83. The van der Waals surface area contributed by atoms with Crippen molar-refractivity contribution in [2.24, 2.45) is 11.8 Å². The molecule has 0 aromatic carbocycles. The molecule has 0 atom stereocenters. The highest BCUT2D eigenvalue weighted by Gasteiger charge is 2.34. The number of carbonyl (C=O) groups is 2.